The predicted molar refractivity (Wildman–Crippen MR) is 51.8 cm³/mol. The molecule has 1 amide bonds. The van der Waals surface area contributed by atoms with Gasteiger partial charge in [-0.3, -0.25) is 4.79 Å². The summed E-state index contributed by atoms with van der Waals surface area (Å²) in [6.07, 6.45) is 1.76. The average Bonchev–Trinajstić information content (AvgIpc) is 2.00. The minimum atomic E-state index is -0.934. The number of rotatable bonds is 4. The van der Waals surface area contributed by atoms with Crippen LogP contribution in [0.15, 0.2) is 0 Å². The van der Waals surface area contributed by atoms with Crippen molar-refractivity contribution in [2.45, 2.75) is 32.2 Å². The van der Waals surface area contributed by atoms with Crippen molar-refractivity contribution < 1.29 is 14.7 Å². The van der Waals surface area contributed by atoms with E-state index in [1.54, 1.807) is 0 Å². The van der Waals surface area contributed by atoms with Crippen LogP contribution in [-0.4, -0.2) is 35.0 Å². The van der Waals surface area contributed by atoms with Crippen LogP contribution in [0.1, 0.15) is 26.7 Å². The van der Waals surface area contributed by atoms with Crippen molar-refractivity contribution in [2.75, 3.05) is 7.05 Å². The number of hydrogen-bond acceptors (Lipinski definition) is 2. The van der Waals surface area contributed by atoms with E-state index >= 15 is 0 Å². The van der Waals surface area contributed by atoms with Gasteiger partial charge in [-0.15, -0.1) is 0 Å². The van der Waals surface area contributed by atoms with Crippen LogP contribution in [-0.2, 0) is 9.59 Å². The molecule has 0 aromatic heterocycles. The van der Waals surface area contributed by atoms with Crippen molar-refractivity contribution in [3.05, 3.63) is 0 Å². The van der Waals surface area contributed by atoms with Gasteiger partial charge in [0.25, 0.3) is 0 Å². The van der Waals surface area contributed by atoms with Gasteiger partial charge in [0.2, 0.25) is 6.41 Å². The fourth-order valence-electron chi connectivity index (χ4n) is 1.99. The monoisotopic (exact) mass is 199 g/mol. The van der Waals surface area contributed by atoms with Gasteiger partial charge in [-0.25, -0.2) is 4.79 Å². The lowest BCUT2D eigenvalue weighted by Crippen LogP contribution is -2.61. The molecule has 0 aromatic rings. The third kappa shape index (κ3) is 1.49. The highest BCUT2D eigenvalue weighted by Crippen LogP contribution is 2.45. The van der Waals surface area contributed by atoms with E-state index in [0.29, 0.717) is 31.1 Å². The van der Waals surface area contributed by atoms with E-state index in [0.717, 1.165) is 0 Å². The van der Waals surface area contributed by atoms with Gasteiger partial charge in [-0.1, -0.05) is 13.8 Å². The topological polar surface area (TPSA) is 57.6 Å². The summed E-state index contributed by atoms with van der Waals surface area (Å²) in [4.78, 5) is 22.9. The maximum absolute atomic E-state index is 11.1. The molecule has 0 saturated heterocycles. The van der Waals surface area contributed by atoms with Gasteiger partial charge in [0.05, 0.1) is 0 Å². The second-order valence-electron chi connectivity index (χ2n) is 4.47. The highest BCUT2D eigenvalue weighted by molar-refractivity contribution is 5.82. The summed E-state index contributed by atoms with van der Waals surface area (Å²) in [5, 5.41) is 9.08. The molecule has 0 aromatic carbocycles. The van der Waals surface area contributed by atoms with Crippen molar-refractivity contribution in [1.82, 2.24) is 4.90 Å². The Balaban J connectivity index is 2.72. The highest BCUT2D eigenvalue weighted by Gasteiger charge is 2.53. The summed E-state index contributed by atoms with van der Waals surface area (Å²) in [7, 11) is 1.54. The van der Waals surface area contributed by atoms with E-state index in [4.69, 9.17) is 5.11 Å². The first-order valence-electron chi connectivity index (χ1n) is 4.85. The summed E-state index contributed by atoms with van der Waals surface area (Å²) in [6, 6.07) is 0. The number of hydrogen-bond donors (Lipinski definition) is 1. The number of amides is 1. The molecule has 0 aliphatic heterocycles. The molecule has 0 heterocycles. The summed E-state index contributed by atoms with van der Waals surface area (Å²) in [5.74, 6) is 0.0278. The minimum absolute atomic E-state index is 0.425. The van der Waals surface area contributed by atoms with Crippen LogP contribution >= 0.6 is 0 Å². The Morgan fingerprint density at radius 1 is 1.57 bits per heavy atom. The lowest BCUT2D eigenvalue weighted by Gasteiger charge is -2.50. The average molecular weight is 199 g/mol. The molecule has 0 unspecified atom stereocenters. The third-order valence-corrected chi connectivity index (χ3v) is 3.37. The quantitative estimate of drug-likeness (QED) is 0.686. The lowest BCUT2D eigenvalue weighted by atomic mass is 9.63. The van der Waals surface area contributed by atoms with Crippen molar-refractivity contribution in [3.8, 4) is 0 Å². The molecule has 0 spiro atoms. The molecule has 0 bridgehead atoms. The number of carbonyl (C=O) groups is 2. The molecule has 1 fully saturated rings. The van der Waals surface area contributed by atoms with Gasteiger partial charge in [-0.2, -0.15) is 0 Å². The Kier molecular flexibility index (Phi) is 2.83. The van der Waals surface area contributed by atoms with Crippen molar-refractivity contribution in [2.24, 2.45) is 11.8 Å². The highest BCUT2D eigenvalue weighted by atomic mass is 16.4. The summed E-state index contributed by atoms with van der Waals surface area (Å²) < 4.78 is 0. The molecule has 1 rings (SSSR count). The van der Waals surface area contributed by atoms with Crippen LogP contribution in [0.5, 0.6) is 0 Å². The van der Waals surface area contributed by atoms with Crippen LogP contribution < -0.4 is 0 Å². The molecule has 80 valence electrons. The van der Waals surface area contributed by atoms with E-state index in [9.17, 15) is 9.59 Å². The first-order chi connectivity index (χ1) is 6.44. The zero-order valence-corrected chi connectivity index (χ0v) is 8.86. The maximum Gasteiger partial charge on any atom is 0.329 e. The minimum Gasteiger partial charge on any atom is -0.479 e. The maximum atomic E-state index is 11.1. The first-order valence-corrected chi connectivity index (χ1v) is 4.85. The lowest BCUT2D eigenvalue weighted by molar-refractivity contribution is -0.165. The normalized spacial score (nSPS) is 31.0. The van der Waals surface area contributed by atoms with Crippen molar-refractivity contribution >= 4 is 12.4 Å². The van der Waals surface area contributed by atoms with Gasteiger partial charge < -0.3 is 10.0 Å². The zero-order chi connectivity index (χ0) is 10.9. The predicted octanol–water partition coefficient (Wildman–Crippen LogP) is 0.964. The number of carboxylic acids is 1. The second-order valence-corrected chi connectivity index (χ2v) is 4.47. The van der Waals surface area contributed by atoms with Gasteiger partial charge >= 0.3 is 5.97 Å². The summed E-state index contributed by atoms with van der Waals surface area (Å²) in [5.41, 5.74) is -0.934. The van der Waals surface area contributed by atoms with Crippen molar-refractivity contribution in [3.63, 3.8) is 0 Å². The summed E-state index contributed by atoms with van der Waals surface area (Å²) in [6.45, 7) is 4.16. The fraction of sp³-hybridized carbons (Fsp3) is 0.800. The van der Waals surface area contributed by atoms with E-state index in [1.807, 2.05) is 0 Å². The molecule has 14 heavy (non-hydrogen) atoms. The van der Waals surface area contributed by atoms with Crippen LogP contribution in [0.4, 0.5) is 0 Å². The largest absolute Gasteiger partial charge is 0.479 e. The Labute approximate surface area is 83.9 Å². The molecule has 1 aliphatic carbocycles. The van der Waals surface area contributed by atoms with E-state index in [1.165, 1.54) is 11.9 Å². The Morgan fingerprint density at radius 3 is 2.36 bits per heavy atom. The Hall–Kier alpha value is -1.06. The Morgan fingerprint density at radius 2 is 2.07 bits per heavy atom. The zero-order valence-electron chi connectivity index (χ0n) is 8.86. The van der Waals surface area contributed by atoms with Gasteiger partial charge in [0, 0.05) is 7.05 Å². The smallest absolute Gasteiger partial charge is 0.329 e. The molecule has 0 atom stereocenters. The standard InChI is InChI=1S/C10H17NO3/c1-7(2)8-4-10(5-8,9(13)14)11(3)6-12/h6-8H,4-5H2,1-3H3,(H,13,14). The van der Waals surface area contributed by atoms with Crippen LogP contribution in [0.2, 0.25) is 0 Å². The molecule has 1 N–H and O–H groups in total. The molecule has 1 saturated carbocycles. The molecular weight excluding hydrogens is 182 g/mol. The van der Waals surface area contributed by atoms with E-state index < -0.39 is 11.5 Å². The second kappa shape index (κ2) is 3.59. The van der Waals surface area contributed by atoms with Crippen LogP contribution in [0, 0.1) is 11.8 Å². The summed E-state index contributed by atoms with van der Waals surface area (Å²) >= 11 is 0. The molecule has 4 nitrogen and oxygen atoms in total. The SMILES string of the molecule is CC(C)C1CC(C(=O)O)(N(C)C=O)C1. The third-order valence-electron chi connectivity index (χ3n) is 3.37. The Bertz CT molecular complexity index is 244. The number of likely N-dealkylation sites (N-methyl/N-ethyl adjacent to an activating group) is 1. The number of carboxylic acid groups (broad SMARTS) is 1. The number of carbonyl (C=O) groups excluding carboxylic acids is 1. The van der Waals surface area contributed by atoms with Gasteiger partial charge in [0.15, 0.2) is 0 Å². The number of nitrogens with zero attached hydrogens (tertiary/aromatic N) is 1. The molecule has 0 radical (unpaired) electrons. The molecule has 1 aliphatic rings. The van der Waals surface area contributed by atoms with Gasteiger partial charge in [-0.05, 0) is 24.7 Å². The molecular formula is C10H17NO3. The molecule has 4 heteroatoms. The number of aliphatic carboxylic acids is 1. The fourth-order valence-corrected chi connectivity index (χ4v) is 1.99. The van der Waals surface area contributed by atoms with Crippen LogP contribution in [0.3, 0.4) is 0 Å². The van der Waals surface area contributed by atoms with Crippen LogP contribution in [0.25, 0.3) is 0 Å². The van der Waals surface area contributed by atoms with Gasteiger partial charge in [0.1, 0.15) is 5.54 Å². The van der Waals surface area contributed by atoms with E-state index in [-0.39, 0.29) is 0 Å². The van der Waals surface area contributed by atoms with Crippen molar-refractivity contribution in [1.29, 1.82) is 0 Å². The first kappa shape index (κ1) is 11.0. The van der Waals surface area contributed by atoms with E-state index in [2.05, 4.69) is 13.8 Å².